The van der Waals surface area contributed by atoms with Crippen molar-refractivity contribution in [3.63, 3.8) is 0 Å². The second kappa shape index (κ2) is 8.25. The molecule has 1 atom stereocenters. The molecule has 0 spiro atoms. The van der Waals surface area contributed by atoms with E-state index in [1.54, 1.807) is 24.3 Å². The van der Waals surface area contributed by atoms with E-state index >= 15 is 0 Å². The highest BCUT2D eigenvalue weighted by atomic mass is 16.6. The van der Waals surface area contributed by atoms with Crippen molar-refractivity contribution >= 4 is 11.6 Å². The van der Waals surface area contributed by atoms with Gasteiger partial charge in [0.25, 0.3) is 11.6 Å². The average molecular weight is 344 g/mol. The molecule has 0 bridgehead atoms. The Kier molecular flexibility index (Phi) is 6.08. The van der Waals surface area contributed by atoms with E-state index in [-0.39, 0.29) is 23.9 Å². The number of hydrogen-bond acceptors (Lipinski definition) is 5. The molecule has 1 unspecified atom stereocenters. The van der Waals surface area contributed by atoms with Crippen LogP contribution in [0.25, 0.3) is 0 Å². The van der Waals surface area contributed by atoms with Crippen LogP contribution >= 0.6 is 0 Å². The summed E-state index contributed by atoms with van der Waals surface area (Å²) >= 11 is 0. The molecule has 2 rings (SSSR count). The van der Waals surface area contributed by atoms with Crippen LogP contribution in [0.2, 0.25) is 0 Å². The first-order valence-electron chi connectivity index (χ1n) is 7.84. The number of benzene rings is 2. The molecule has 25 heavy (non-hydrogen) atoms. The first-order chi connectivity index (χ1) is 11.9. The molecule has 2 N–H and O–H groups in total. The van der Waals surface area contributed by atoms with Crippen molar-refractivity contribution in [2.24, 2.45) is 0 Å². The number of nitrogens with one attached hydrogen (secondary N) is 1. The Labute approximate surface area is 145 Å². The number of rotatable bonds is 7. The number of non-ortho nitro benzene ring substituents is 1. The molecule has 0 saturated heterocycles. The number of nitro benzene ring substituents is 1. The Bertz CT molecular complexity index is 743. The molecule has 0 fully saturated rings. The lowest BCUT2D eigenvalue weighted by atomic mass is 10.1. The molecule has 2 aromatic rings. The molecule has 132 valence electrons. The number of amides is 1. The van der Waals surface area contributed by atoms with Gasteiger partial charge in [-0.2, -0.15) is 0 Å². The predicted molar refractivity (Wildman–Crippen MR) is 92.6 cm³/mol. The quantitative estimate of drug-likeness (QED) is 0.594. The minimum Gasteiger partial charge on any atom is -0.491 e. The van der Waals surface area contributed by atoms with E-state index in [4.69, 9.17) is 4.74 Å². The number of nitrogens with zero attached hydrogens (tertiary/aromatic N) is 1. The van der Waals surface area contributed by atoms with Crippen LogP contribution in [-0.2, 0) is 0 Å². The standard InChI is InChI=1S/C18H20N2O5/c1-12(2)25-16-5-3-4-14(10-16)17(21)11-19-18(22)13-6-8-15(9-7-13)20(23)24/h3-10,12,17,21H,11H2,1-2H3,(H,19,22). The lowest BCUT2D eigenvalue weighted by Gasteiger charge is -2.15. The van der Waals surface area contributed by atoms with Crippen LogP contribution in [0.4, 0.5) is 5.69 Å². The minimum atomic E-state index is -0.891. The highest BCUT2D eigenvalue weighted by Gasteiger charge is 2.13. The van der Waals surface area contributed by atoms with Crippen LogP contribution in [0.5, 0.6) is 5.75 Å². The molecule has 0 saturated carbocycles. The van der Waals surface area contributed by atoms with Gasteiger partial charge in [-0.25, -0.2) is 0 Å². The predicted octanol–water partition coefficient (Wildman–Crippen LogP) is 2.85. The van der Waals surface area contributed by atoms with E-state index < -0.39 is 16.9 Å². The van der Waals surface area contributed by atoms with Crippen molar-refractivity contribution < 1.29 is 19.6 Å². The van der Waals surface area contributed by atoms with Gasteiger partial charge >= 0.3 is 0 Å². The topological polar surface area (TPSA) is 102 Å². The summed E-state index contributed by atoms with van der Waals surface area (Å²) < 4.78 is 5.58. The molecule has 0 aliphatic rings. The summed E-state index contributed by atoms with van der Waals surface area (Å²) in [5, 5.41) is 23.4. The fourth-order valence-corrected chi connectivity index (χ4v) is 2.21. The zero-order valence-electron chi connectivity index (χ0n) is 14.0. The van der Waals surface area contributed by atoms with E-state index in [0.29, 0.717) is 11.3 Å². The molecular weight excluding hydrogens is 324 g/mol. The van der Waals surface area contributed by atoms with Gasteiger partial charge in [0, 0.05) is 24.2 Å². The SMILES string of the molecule is CC(C)Oc1cccc(C(O)CNC(=O)c2ccc([N+](=O)[O-])cc2)c1. The first kappa shape index (κ1) is 18.4. The zero-order chi connectivity index (χ0) is 18.4. The van der Waals surface area contributed by atoms with Gasteiger partial charge in [-0.3, -0.25) is 14.9 Å². The summed E-state index contributed by atoms with van der Waals surface area (Å²) in [6.07, 6.45) is -0.869. The van der Waals surface area contributed by atoms with Crippen LogP contribution in [0.3, 0.4) is 0 Å². The molecule has 7 nitrogen and oxygen atoms in total. The maximum absolute atomic E-state index is 12.1. The summed E-state index contributed by atoms with van der Waals surface area (Å²) in [6.45, 7) is 3.84. The zero-order valence-corrected chi connectivity index (χ0v) is 14.0. The van der Waals surface area contributed by atoms with Gasteiger partial charge in [0.1, 0.15) is 5.75 Å². The van der Waals surface area contributed by atoms with Crippen molar-refractivity contribution in [1.29, 1.82) is 0 Å². The van der Waals surface area contributed by atoms with Crippen molar-refractivity contribution in [3.05, 3.63) is 69.8 Å². The number of carbonyl (C=O) groups is 1. The van der Waals surface area contributed by atoms with Crippen molar-refractivity contribution in [3.8, 4) is 5.75 Å². The molecule has 7 heteroatoms. The van der Waals surface area contributed by atoms with E-state index in [2.05, 4.69) is 5.32 Å². The summed E-state index contributed by atoms with van der Waals surface area (Å²) in [7, 11) is 0. The third kappa shape index (κ3) is 5.29. The maximum atomic E-state index is 12.1. The third-order valence-corrected chi connectivity index (χ3v) is 3.41. The Balaban J connectivity index is 1.95. The van der Waals surface area contributed by atoms with Gasteiger partial charge in [-0.1, -0.05) is 12.1 Å². The number of hydrogen-bond donors (Lipinski definition) is 2. The number of nitro groups is 1. The number of ether oxygens (including phenoxy) is 1. The van der Waals surface area contributed by atoms with Crippen molar-refractivity contribution in [2.75, 3.05) is 6.54 Å². The smallest absolute Gasteiger partial charge is 0.269 e. The number of aliphatic hydroxyl groups excluding tert-OH is 1. The van der Waals surface area contributed by atoms with Gasteiger partial charge in [-0.05, 0) is 43.7 Å². The van der Waals surface area contributed by atoms with Gasteiger partial charge < -0.3 is 15.2 Å². The maximum Gasteiger partial charge on any atom is 0.269 e. The van der Waals surface area contributed by atoms with Crippen molar-refractivity contribution in [2.45, 2.75) is 26.1 Å². The van der Waals surface area contributed by atoms with Crippen molar-refractivity contribution in [1.82, 2.24) is 5.32 Å². The normalized spacial score (nSPS) is 11.8. The lowest BCUT2D eigenvalue weighted by Crippen LogP contribution is -2.28. The monoisotopic (exact) mass is 344 g/mol. The molecular formula is C18H20N2O5. The van der Waals surface area contributed by atoms with E-state index in [1.807, 2.05) is 13.8 Å². The largest absolute Gasteiger partial charge is 0.491 e. The summed E-state index contributed by atoms with van der Waals surface area (Å²) in [5.41, 5.74) is 0.829. The molecule has 1 amide bonds. The van der Waals surface area contributed by atoms with Crippen LogP contribution in [0.1, 0.15) is 35.9 Å². The summed E-state index contributed by atoms with van der Waals surface area (Å²) in [5.74, 6) is 0.233. The van der Waals surface area contributed by atoms with Crippen LogP contribution in [-0.4, -0.2) is 28.6 Å². The van der Waals surface area contributed by atoms with Crippen LogP contribution in [0, 0.1) is 10.1 Å². The first-order valence-corrected chi connectivity index (χ1v) is 7.84. The van der Waals surface area contributed by atoms with Crippen LogP contribution in [0.15, 0.2) is 48.5 Å². The Morgan fingerprint density at radius 3 is 2.52 bits per heavy atom. The second-order valence-electron chi connectivity index (χ2n) is 5.77. The summed E-state index contributed by atoms with van der Waals surface area (Å²) in [4.78, 5) is 22.1. The average Bonchev–Trinajstić information content (AvgIpc) is 2.59. The molecule has 0 radical (unpaired) electrons. The highest BCUT2D eigenvalue weighted by Crippen LogP contribution is 2.20. The van der Waals surface area contributed by atoms with Gasteiger partial charge in [-0.15, -0.1) is 0 Å². The van der Waals surface area contributed by atoms with E-state index in [1.165, 1.54) is 24.3 Å². The van der Waals surface area contributed by atoms with Gasteiger partial charge in [0.05, 0.1) is 17.1 Å². The molecule has 0 aromatic heterocycles. The Morgan fingerprint density at radius 2 is 1.92 bits per heavy atom. The van der Waals surface area contributed by atoms with E-state index in [9.17, 15) is 20.0 Å². The number of carbonyl (C=O) groups excluding carboxylic acids is 1. The molecule has 0 heterocycles. The fourth-order valence-electron chi connectivity index (χ4n) is 2.21. The molecule has 0 aliphatic carbocycles. The minimum absolute atomic E-state index is 0.0148. The van der Waals surface area contributed by atoms with Crippen LogP contribution < -0.4 is 10.1 Å². The second-order valence-corrected chi connectivity index (χ2v) is 5.77. The Morgan fingerprint density at radius 1 is 1.24 bits per heavy atom. The van der Waals surface area contributed by atoms with Gasteiger partial charge in [0.2, 0.25) is 0 Å². The molecule has 2 aromatic carbocycles. The van der Waals surface area contributed by atoms with Gasteiger partial charge in [0.15, 0.2) is 0 Å². The Hall–Kier alpha value is -2.93. The summed E-state index contributed by atoms with van der Waals surface area (Å²) in [6, 6.07) is 12.3. The fraction of sp³-hybridized carbons (Fsp3) is 0.278. The molecule has 0 aliphatic heterocycles. The lowest BCUT2D eigenvalue weighted by molar-refractivity contribution is -0.384. The third-order valence-electron chi connectivity index (χ3n) is 3.41. The van der Waals surface area contributed by atoms with E-state index in [0.717, 1.165) is 0 Å². The highest BCUT2D eigenvalue weighted by molar-refractivity contribution is 5.94. The number of aliphatic hydroxyl groups is 1.